The average molecular weight is 558 g/mol. The first-order valence-corrected chi connectivity index (χ1v) is 15.5. The van der Waals surface area contributed by atoms with Gasteiger partial charge in [0.05, 0.1) is 13.6 Å². The number of thioether (sulfide) groups is 2. The van der Waals surface area contributed by atoms with Crippen LogP contribution in [0.4, 0.5) is 0 Å². The molecule has 3 rings (SSSR count). The maximum absolute atomic E-state index is 14.0. The molecule has 3 nitrogen and oxygen atoms in total. The van der Waals surface area contributed by atoms with Crippen LogP contribution >= 0.6 is 23.5 Å². The summed E-state index contributed by atoms with van der Waals surface area (Å²) in [4.78, 5) is 30.3. The lowest BCUT2D eigenvalue weighted by Crippen LogP contribution is -2.48. The van der Waals surface area contributed by atoms with Crippen LogP contribution in [-0.4, -0.2) is 50.7 Å². The number of hydrogen-bond acceptors (Lipinski definition) is 5. The smallest absolute Gasteiger partial charge is 0.185 e. The van der Waals surface area contributed by atoms with Crippen molar-refractivity contribution >= 4 is 35.1 Å². The average Bonchev–Trinajstić information content (AvgIpc) is 2.88. The van der Waals surface area contributed by atoms with Crippen LogP contribution < -0.4 is 0 Å². The van der Waals surface area contributed by atoms with Gasteiger partial charge in [-0.25, -0.2) is 0 Å². The van der Waals surface area contributed by atoms with E-state index in [9.17, 15) is 9.59 Å². The van der Waals surface area contributed by atoms with Gasteiger partial charge >= 0.3 is 0 Å². The second-order valence-electron chi connectivity index (χ2n) is 16.1. The summed E-state index contributed by atoms with van der Waals surface area (Å²) in [6.07, 6.45) is 9.14. The first kappa shape index (κ1) is 31.5. The molecule has 0 aromatic heterocycles. The lowest BCUT2D eigenvalue weighted by Gasteiger charge is -2.46. The van der Waals surface area contributed by atoms with Gasteiger partial charge in [0.1, 0.15) is 0 Å². The van der Waals surface area contributed by atoms with Crippen LogP contribution in [0.2, 0.25) is 0 Å². The van der Waals surface area contributed by atoms with Crippen molar-refractivity contribution in [1.29, 1.82) is 0 Å². The van der Waals surface area contributed by atoms with Crippen LogP contribution in [0, 0.1) is 21.7 Å². The Morgan fingerprint density at radius 3 is 1.00 bits per heavy atom. The van der Waals surface area contributed by atoms with Crippen molar-refractivity contribution in [3.63, 3.8) is 0 Å². The Balaban J connectivity index is 2.54. The first-order chi connectivity index (χ1) is 16.8. The van der Waals surface area contributed by atoms with E-state index in [0.717, 1.165) is 28.8 Å². The molecule has 0 atom stereocenters. The number of fused-ring (bicyclic) bond motifs is 1. The van der Waals surface area contributed by atoms with E-state index in [1.54, 1.807) is 0 Å². The molecule has 5 heteroatoms. The number of carbonyl (C=O) groups is 2. The quantitative estimate of drug-likeness (QED) is 0.341. The standard InChI is InChI=1S/C33H51NO2S2/c1-27(2,3)21-16-32(17-22(25(21)35)28(4,5)6)33(38-31(13,37-32)20-34(14)15)18-23(29(7,8)9)26(36)24(19-33)30(10,11)12/h16-19H,20H2,1-15H3. The van der Waals surface area contributed by atoms with Gasteiger partial charge < -0.3 is 4.90 Å². The molecule has 1 aliphatic heterocycles. The highest BCUT2D eigenvalue weighted by Crippen LogP contribution is 2.70. The van der Waals surface area contributed by atoms with Gasteiger partial charge in [-0.15, -0.1) is 23.5 Å². The van der Waals surface area contributed by atoms with Crippen LogP contribution in [0.5, 0.6) is 0 Å². The third-order valence-electron chi connectivity index (χ3n) is 7.63. The summed E-state index contributed by atoms with van der Waals surface area (Å²) in [5.41, 5.74) is 2.27. The number of carbonyl (C=O) groups excluding carboxylic acids is 2. The number of nitrogens with zero attached hydrogens (tertiary/aromatic N) is 1. The molecule has 0 N–H and O–H groups in total. The van der Waals surface area contributed by atoms with Gasteiger partial charge in [-0.1, -0.05) is 107 Å². The molecular weight excluding hydrogens is 507 g/mol. The SMILES string of the molecule is CN(C)CC1(C)SC2(C=C(C(C)(C)C)C(=O)C(C(C)(C)C)=C2)C2(C=C(C(C)(C)C)C(=O)C(C(C)(C)C)=C2)S1. The Kier molecular flexibility index (Phi) is 7.66. The van der Waals surface area contributed by atoms with Crippen molar-refractivity contribution in [2.45, 2.75) is 104 Å². The Morgan fingerprint density at radius 2 is 0.816 bits per heavy atom. The number of rotatable bonds is 2. The van der Waals surface area contributed by atoms with E-state index < -0.39 is 9.49 Å². The lowest BCUT2D eigenvalue weighted by atomic mass is 9.65. The molecule has 0 aromatic rings. The highest BCUT2D eigenvalue weighted by molar-refractivity contribution is 8.23. The normalized spacial score (nSPS) is 23.6. The zero-order valence-electron chi connectivity index (χ0n) is 26.6. The fourth-order valence-corrected chi connectivity index (χ4v) is 10.4. The molecular formula is C33H51NO2S2. The summed E-state index contributed by atoms with van der Waals surface area (Å²) in [6.45, 7) is 28.9. The summed E-state index contributed by atoms with van der Waals surface area (Å²) in [5, 5.41) is 0. The van der Waals surface area contributed by atoms with Crippen LogP contribution in [0.15, 0.2) is 46.6 Å². The molecule has 0 amide bonds. The molecule has 2 spiro atoms. The topological polar surface area (TPSA) is 37.4 Å². The van der Waals surface area contributed by atoms with Crippen molar-refractivity contribution in [2.24, 2.45) is 21.7 Å². The molecule has 0 unspecified atom stereocenters. The third-order valence-corrected chi connectivity index (χ3v) is 11.2. The van der Waals surface area contributed by atoms with Crippen LogP contribution in [0.1, 0.15) is 90.0 Å². The summed E-state index contributed by atoms with van der Waals surface area (Å²) in [7, 11) is 4.25. The molecule has 2 aliphatic carbocycles. The predicted octanol–water partition coefficient (Wildman–Crippen LogP) is 8.28. The highest BCUT2D eigenvalue weighted by atomic mass is 32.2. The minimum Gasteiger partial charge on any atom is -0.307 e. The van der Waals surface area contributed by atoms with E-state index in [-0.39, 0.29) is 37.3 Å². The van der Waals surface area contributed by atoms with Crippen molar-refractivity contribution < 1.29 is 9.59 Å². The van der Waals surface area contributed by atoms with Gasteiger partial charge in [0, 0.05) is 28.8 Å². The molecule has 3 aliphatic rings. The summed E-state index contributed by atoms with van der Waals surface area (Å²) < 4.78 is -1.20. The molecule has 1 heterocycles. The monoisotopic (exact) mass is 557 g/mol. The second-order valence-corrected chi connectivity index (χ2v) is 19.9. The van der Waals surface area contributed by atoms with E-state index >= 15 is 0 Å². The Hall–Kier alpha value is -1.04. The number of allylic oxidation sites excluding steroid dienone is 4. The minimum atomic E-state index is -0.519. The van der Waals surface area contributed by atoms with Gasteiger partial charge in [-0.2, -0.15) is 0 Å². The predicted molar refractivity (Wildman–Crippen MR) is 168 cm³/mol. The van der Waals surface area contributed by atoms with E-state index in [1.165, 1.54) is 0 Å². The van der Waals surface area contributed by atoms with Crippen LogP contribution in [0.3, 0.4) is 0 Å². The lowest BCUT2D eigenvalue weighted by molar-refractivity contribution is -0.115. The zero-order chi connectivity index (χ0) is 29.5. The van der Waals surface area contributed by atoms with Crippen molar-refractivity contribution in [3.8, 4) is 0 Å². The molecule has 212 valence electrons. The molecule has 1 fully saturated rings. The molecule has 0 bridgehead atoms. The van der Waals surface area contributed by atoms with E-state index in [1.807, 2.05) is 23.5 Å². The van der Waals surface area contributed by atoms with E-state index in [2.05, 4.69) is 133 Å². The minimum absolute atomic E-state index is 0.157. The highest BCUT2D eigenvalue weighted by Gasteiger charge is 2.64. The van der Waals surface area contributed by atoms with Crippen molar-refractivity contribution in [2.75, 3.05) is 20.6 Å². The number of hydrogen-bond donors (Lipinski definition) is 0. The van der Waals surface area contributed by atoms with E-state index in [0.29, 0.717) is 0 Å². The first-order valence-electron chi connectivity index (χ1n) is 13.8. The van der Waals surface area contributed by atoms with Crippen LogP contribution in [0.25, 0.3) is 0 Å². The summed E-state index contributed by atoms with van der Waals surface area (Å²) in [5.74, 6) is 0.314. The van der Waals surface area contributed by atoms with Crippen LogP contribution in [-0.2, 0) is 9.59 Å². The fraction of sp³-hybridized carbons (Fsp3) is 0.697. The maximum atomic E-state index is 14.0. The maximum Gasteiger partial charge on any atom is 0.185 e. The second kappa shape index (κ2) is 9.24. The van der Waals surface area contributed by atoms with Gasteiger partial charge in [0.25, 0.3) is 0 Å². The van der Waals surface area contributed by atoms with Gasteiger partial charge in [0.15, 0.2) is 11.6 Å². The van der Waals surface area contributed by atoms with Crippen molar-refractivity contribution in [1.82, 2.24) is 4.90 Å². The van der Waals surface area contributed by atoms with Crippen molar-refractivity contribution in [3.05, 3.63) is 46.6 Å². The molecule has 38 heavy (non-hydrogen) atoms. The third kappa shape index (κ3) is 5.59. The Bertz CT molecular complexity index is 999. The fourth-order valence-electron chi connectivity index (χ4n) is 5.82. The Morgan fingerprint density at radius 1 is 0.579 bits per heavy atom. The van der Waals surface area contributed by atoms with Gasteiger partial charge in [-0.3, -0.25) is 9.59 Å². The summed E-state index contributed by atoms with van der Waals surface area (Å²) in [6, 6.07) is 0. The summed E-state index contributed by atoms with van der Waals surface area (Å²) >= 11 is 3.91. The Labute approximate surface area is 241 Å². The number of ketones is 2. The van der Waals surface area contributed by atoms with E-state index in [4.69, 9.17) is 0 Å². The molecule has 1 saturated heterocycles. The largest absolute Gasteiger partial charge is 0.307 e. The zero-order valence-corrected chi connectivity index (χ0v) is 28.2. The van der Waals surface area contributed by atoms with Gasteiger partial charge in [0.2, 0.25) is 0 Å². The number of Topliss-reactive ketones (excluding diaryl/α,β-unsaturated/α-hetero) is 2. The molecule has 0 aromatic carbocycles. The molecule has 0 radical (unpaired) electrons. The van der Waals surface area contributed by atoms with Gasteiger partial charge in [-0.05, 0) is 42.7 Å². The molecule has 0 saturated carbocycles.